The first-order valence-electron chi connectivity index (χ1n) is 8.14. The first-order chi connectivity index (χ1) is 11.6. The Hall–Kier alpha value is -2.56. The SMILES string of the molecule is CCOC(=O)C1(C(=O)OCC)CN(C)c2c1ccc1ccccc21. The highest BCUT2D eigenvalue weighted by Crippen LogP contribution is 2.45. The van der Waals surface area contributed by atoms with Gasteiger partial charge in [-0.1, -0.05) is 36.4 Å². The molecule has 0 radical (unpaired) electrons. The van der Waals surface area contributed by atoms with Gasteiger partial charge in [-0.2, -0.15) is 0 Å². The monoisotopic (exact) mass is 327 g/mol. The molecular weight excluding hydrogens is 306 g/mol. The number of carbonyl (C=O) groups excluding carboxylic acids is 2. The minimum Gasteiger partial charge on any atom is -0.465 e. The maximum absolute atomic E-state index is 12.8. The molecule has 126 valence electrons. The molecular formula is C19H21NO4. The van der Waals surface area contributed by atoms with E-state index in [0.717, 1.165) is 16.5 Å². The highest BCUT2D eigenvalue weighted by Gasteiger charge is 2.56. The first kappa shape index (κ1) is 16.3. The van der Waals surface area contributed by atoms with Crippen molar-refractivity contribution in [3.63, 3.8) is 0 Å². The second kappa shape index (κ2) is 6.15. The van der Waals surface area contributed by atoms with Gasteiger partial charge in [0.1, 0.15) is 0 Å². The number of fused-ring (bicyclic) bond motifs is 3. The summed E-state index contributed by atoms with van der Waals surface area (Å²) >= 11 is 0. The summed E-state index contributed by atoms with van der Waals surface area (Å²) < 4.78 is 10.5. The van der Waals surface area contributed by atoms with E-state index in [-0.39, 0.29) is 19.8 Å². The molecule has 5 heteroatoms. The standard InChI is InChI=1S/C19H21NO4/c1-4-23-17(21)19(18(22)24-5-2)12-20(3)16-14-9-7-6-8-13(14)10-11-15(16)19/h6-11H,4-5,12H2,1-3H3. The maximum Gasteiger partial charge on any atom is 0.330 e. The summed E-state index contributed by atoms with van der Waals surface area (Å²) in [7, 11) is 1.88. The summed E-state index contributed by atoms with van der Waals surface area (Å²) in [6, 6.07) is 11.7. The molecule has 0 aromatic heterocycles. The van der Waals surface area contributed by atoms with E-state index in [9.17, 15) is 9.59 Å². The predicted octanol–water partition coefficient (Wildman–Crippen LogP) is 2.65. The molecule has 0 fully saturated rings. The van der Waals surface area contributed by atoms with E-state index >= 15 is 0 Å². The second-order valence-corrected chi connectivity index (χ2v) is 5.89. The minimum absolute atomic E-state index is 0.215. The van der Waals surface area contributed by atoms with Gasteiger partial charge in [0.25, 0.3) is 0 Å². The van der Waals surface area contributed by atoms with Crippen LogP contribution in [0, 0.1) is 0 Å². The Morgan fingerprint density at radius 2 is 1.67 bits per heavy atom. The van der Waals surface area contributed by atoms with Gasteiger partial charge in [-0.05, 0) is 19.2 Å². The lowest BCUT2D eigenvalue weighted by molar-refractivity contribution is -0.163. The van der Waals surface area contributed by atoms with Crippen LogP contribution >= 0.6 is 0 Å². The Morgan fingerprint density at radius 3 is 2.29 bits per heavy atom. The van der Waals surface area contributed by atoms with E-state index in [0.29, 0.717) is 5.56 Å². The number of hydrogen-bond donors (Lipinski definition) is 0. The number of carbonyl (C=O) groups is 2. The van der Waals surface area contributed by atoms with Crippen LogP contribution in [0.3, 0.4) is 0 Å². The molecule has 1 aliphatic heterocycles. The van der Waals surface area contributed by atoms with Crippen molar-refractivity contribution in [2.45, 2.75) is 19.3 Å². The zero-order valence-electron chi connectivity index (χ0n) is 14.2. The molecule has 1 aliphatic rings. The lowest BCUT2D eigenvalue weighted by atomic mass is 9.81. The van der Waals surface area contributed by atoms with Crippen LogP contribution in [0.1, 0.15) is 19.4 Å². The molecule has 0 aliphatic carbocycles. The Balaban J connectivity index is 2.26. The van der Waals surface area contributed by atoms with Gasteiger partial charge in [-0.25, -0.2) is 0 Å². The van der Waals surface area contributed by atoms with Gasteiger partial charge in [-0.15, -0.1) is 0 Å². The molecule has 24 heavy (non-hydrogen) atoms. The van der Waals surface area contributed by atoms with Crippen LogP contribution in [0.25, 0.3) is 10.8 Å². The summed E-state index contributed by atoms with van der Waals surface area (Å²) in [5.74, 6) is -1.10. The average Bonchev–Trinajstić information content (AvgIpc) is 2.90. The predicted molar refractivity (Wildman–Crippen MR) is 92.2 cm³/mol. The number of benzene rings is 2. The molecule has 5 nitrogen and oxygen atoms in total. The highest BCUT2D eigenvalue weighted by molar-refractivity contribution is 6.13. The van der Waals surface area contributed by atoms with Gasteiger partial charge in [0, 0.05) is 30.2 Å². The van der Waals surface area contributed by atoms with Crippen LogP contribution in [0.2, 0.25) is 0 Å². The van der Waals surface area contributed by atoms with Crippen molar-refractivity contribution in [3.05, 3.63) is 42.0 Å². The minimum atomic E-state index is -1.43. The van der Waals surface area contributed by atoms with Crippen LogP contribution < -0.4 is 4.90 Å². The molecule has 0 amide bonds. The Bertz CT molecular complexity index is 781. The Morgan fingerprint density at radius 1 is 1.04 bits per heavy atom. The lowest BCUT2D eigenvalue weighted by Gasteiger charge is -2.25. The van der Waals surface area contributed by atoms with E-state index in [1.165, 1.54) is 0 Å². The zero-order valence-corrected chi connectivity index (χ0v) is 14.2. The molecule has 0 atom stereocenters. The van der Waals surface area contributed by atoms with Gasteiger partial charge < -0.3 is 14.4 Å². The van der Waals surface area contributed by atoms with Crippen molar-refractivity contribution in [3.8, 4) is 0 Å². The van der Waals surface area contributed by atoms with Crippen molar-refractivity contribution in [1.82, 2.24) is 0 Å². The summed E-state index contributed by atoms with van der Waals surface area (Å²) in [5.41, 5.74) is 0.106. The van der Waals surface area contributed by atoms with Crippen LogP contribution in [-0.4, -0.2) is 38.7 Å². The molecule has 2 aromatic carbocycles. The second-order valence-electron chi connectivity index (χ2n) is 5.89. The highest BCUT2D eigenvalue weighted by atomic mass is 16.6. The molecule has 1 heterocycles. The molecule has 0 saturated carbocycles. The third-order valence-corrected chi connectivity index (χ3v) is 4.46. The fourth-order valence-electron chi connectivity index (χ4n) is 3.47. The topological polar surface area (TPSA) is 55.8 Å². The van der Waals surface area contributed by atoms with Crippen LogP contribution in [0.4, 0.5) is 5.69 Å². The summed E-state index contributed by atoms with van der Waals surface area (Å²) in [6.07, 6.45) is 0. The molecule has 0 spiro atoms. The maximum atomic E-state index is 12.8. The number of nitrogens with zero attached hydrogens (tertiary/aromatic N) is 1. The Kier molecular flexibility index (Phi) is 4.18. The van der Waals surface area contributed by atoms with Gasteiger partial charge in [0.2, 0.25) is 5.41 Å². The number of likely N-dealkylation sites (N-methyl/N-ethyl adjacent to an activating group) is 1. The fraction of sp³-hybridized carbons (Fsp3) is 0.368. The largest absolute Gasteiger partial charge is 0.465 e. The number of rotatable bonds is 4. The smallest absolute Gasteiger partial charge is 0.330 e. The third kappa shape index (κ3) is 2.23. The van der Waals surface area contributed by atoms with E-state index < -0.39 is 17.4 Å². The van der Waals surface area contributed by atoms with Gasteiger partial charge >= 0.3 is 11.9 Å². The fourth-order valence-corrected chi connectivity index (χ4v) is 3.47. The first-order valence-corrected chi connectivity index (χ1v) is 8.14. The number of esters is 2. The van der Waals surface area contributed by atoms with Crippen molar-refractivity contribution >= 4 is 28.4 Å². The summed E-state index contributed by atoms with van der Waals surface area (Å²) in [4.78, 5) is 27.5. The zero-order chi connectivity index (χ0) is 17.3. The summed E-state index contributed by atoms with van der Waals surface area (Å²) in [5, 5.41) is 2.07. The van der Waals surface area contributed by atoms with Crippen LogP contribution in [0.15, 0.2) is 36.4 Å². The van der Waals surface area contributed by atoms with Crippen LogP contribution in [-0.2, 0) is 24.5 Å². The van der Waals surface area contributed by atoms with Crippen LogP contribution in [0.5, 0.6) is 0 Å². The van der Waals surface area contributed by atoms with Gasteiger partial charge in [0.05, 0.1) is 13.2 Å². The lowest BCUT2D eigenvalue weighted by Crippen LogP contribution is -2.49. The molecule has 0 bridgehead atoms. The number of hydrogen-bond acceptors (Lipinski definition) is 5. The quantitative estimate of drug-likeness (QED) is 0.638. The van der Waals surface area contributed by atoms with E-state index in [1.807, 2.05) is 48.3 Å². The van der Waals surface area contributed by atoms with E-state index in [1.54, 1.807) is 13.8 Å². The number of ether oxygens (including phenoxy) is 2. The third-order valence-electron chi connectivity index (χ3n) is 4.46. The average molecular weight is 327 g/mol. The molecule has 0 unspecified atom stereocenters. The van der Waals surface area contributed by atoms with Crippen molar-refractivity contribution in [2.24, 2.45) is 0 Å². The van der Waals surface area contributed by atoms with E-state index in [2.05, 4.69) is 0 Å². The summed E-state index contributed by atoms with van der Waals surface area (Å²) in [6.45, 7) is 4.11. The van der Waals surface area contributed by atoms with Crippen molar-refractivity contribution in [1.29, 1.82) is 0 Å². The molecule has 3 rings (SSSR count). The van der Waals surface area contributed by atoms with Gasteiger partial charge in [0.15, 0.2) is 0 Å². The molecule has 2 aromatic rings. The molecule has 0 saturated heterocycles. The normalized spacial score (nSPS) is 15.2. The molecule has 0 N–H and O–H groups in total. The van der Waals surface area contributed by atoms with Crippen molar-refractivity contribution < 1.29 is 19.1 Å². The van der Waals surface area contributed by atoms with E-state index in [4.69, 9.17) is 9.47 Å². The van der Waals surface area contributed by atoms with Crippen molar-refractivity contribution in [2.75, 3.05) is 31.7 Å². The Labute approximate surface area is 141 Å². The number of anilines is 1. The van der Waals surface area contributed by atoms with Gasteiger partial charge in [-0.3, -0.25) is 9.59 Å².